The lowest BCUT2D eigenvalue weighted by Crippen LogP contribution is -2.45. The summed E-state index contributed by atoms with van der Waals surface area (Å²) in [5, 5.41) is 3.48. The summed E-state index contributed by atoms with van der Waals surface area (Å²) in [6, 6.07) is 5.97. The van der Waals surface area contributed by atoms with Crippen LogP contribution in [0.15, 0.2) is 18.2 Å². The molecule has 2 aliphatic rings. The van der Waals surface area contributed by atoms with Crippen molar-refractivity contribution in [1.82, 2.24) is 5.32 Å². The van der Waals surface area contributed by atoms with E-state index < -0.39 is 0 Å². The number of hydrogen-bond donors (Lipinski definition) is 1. The molecule has 1 saturated heterocycles. The van der Waals surface area contributed by atoms with E-state index in [1.807, 2.05) is 6.07 Å². The van der Waals surface area contributed by atoms with Gasteiger partial charge in [0.15, 0.2) is 0 Å². The van der Waals surface area contributed by atoms with Crippen molar-refractivity contribution in [3.05, 3.63) is 29.6 Å². The van der Waals surface area contributed by atoms with Crippen molar-refractivity contribution in [3.8, 4) is 0 Å². The molecule has 2 heterocycles. The summed E-state index contributed by atoms with van der Waals surface area (Å²) in [6.07, 6.45) is 2.06. The summed E-state index contributed by atoms with van der Waals surface area (Å²) in [5.74, 6) is -0.142. The minimum atomic E-state index is -0.142. The number of anilines is 1. The van der Waals surface area contributed by atoms with Gasteiger partial charge in [0.2, 0.25) is 0 Å². The quantitative estimate of drug-likeness (QED) is 0.903. The Morgan fingerprint density at radius 2 is 2.42 bits per heavy atom. The Morgan fingerprint density at radius 1 is 1.53 bits per heavy atom. The van der Waals surface area contributed by atoms with Gasteiger partial charge in [-0.15, -0.1) is 0 Å². The summed E-state index contributed by atoms with van der Waals surface area (Å²) < 4.78 is 18.9. The maximum atomic E-state index is 13.4. The molecule has 0 radical (unpaired) electrons. The van der Waals surface area contributed by atoms with Gasteiger partial charge < -0.3 is 15.0 Å². The standard InChI is InChI=1S/C15H21FN2O/c1-11(8-14-10-19-7-5-17-14)18-6-4-12-2-3-13(16)9-15(12)18/h2-3,9,11,14,17H,4-8,10H2,1H3. The summed E-state index contributed by atoms with van der Waals surface area (Å²) in [7, 11) is 0. The second kappa shape index (κ2) is 5.47. The highest BCUT2D eigenvalue weighted by molar-refractivity contribution is 5.58. The first-order valence-corrected chi connectivity index (χ1v) is 7.10. The van der Waals surface area contributed by atoms with Crippen LogP contribution in [-0.2, 0) is 11.2 Å². The Hall–Kier alpha value is -1.13. The summed E-state index contributed by atoms with van der Waals surface area (Å²) in [6.45, 7) is 5.74. The number of ether oxygens (including phenoxy) is 1. The van der Waals surface area contributed by atoms with Crippen molar-refractivity contribution < 1.29 is 9.13 Å². The van der Waals surface area contributed by atoms with E-state index in [2.05, 4.69) is 17.1 Å². The molecule has 0 aliphatic carbocycles. The largest absolute Gasteiger partial charge is 0.379 e. The van der Waals surface area contributed by atoms with E-state index in [4.69, 9.17) is 4.74 Å². The summed E-state index contributed by atoms with van der Waals surface area (Å²) in [4.78, 5) is 2.33. The van der Waals surface area contributed by atoms with Crippen LogP contribution in [0.25, 0.3) is 0 Å². The van der Waals surface area contributed by atoms with Crippen LogP contribution in [0.5, 0.6) is 0 Å². The highest BCUT2D eigenvalue weighted by Crippen LogP contribution is 2.31. The second-order valence-electron chi connectivity index (χ2n) is 5.53. The number of fused-ring (bicyclic) bond motifs is 1. The molecule has 2 atom stereocenters. The van der Waals surface area contributed by atoms with Crippen molar-refractivity contribution in [2.45, 2.75) is 31.8 Å². The van der Waals surface area contributed by atoms with E-state index in [9.17, 15) is 4.39 Å². The molecule has 4 heteroatoms. The molecule has 0 spiro atoms. The van der Waals surface area contributed by atoms with E-state index in [0.717, 1.165) is 44.8 Å². The maximum Gasteiger partial charge on any atom is 0.125 e. The zero-order chi connectivity index (χ0) is 13.2. The highest BCUT2D eigenvalue weighted by atomic mass is 19.1. The Labute approximate surface area is 113 Å². The average Bonchev–Trinajstić information content (AvgIpc) is 2.82. The summed E-state index contributed by atoms with van der Waals surface area (Å²) >= 11 is 0. The molecule has 3 rings (SSSR count). The molecule has 2 unspecified atom stereocenters. The number of nitrogens with zero attached hydrogens (tertiary/aromatic N) is 1. The van der Waals surface area contributed by atoms with Gasteiger partial charge in [-0.05, 0) is 37.5 Å². The third kappa shape index (κ3) is 2.74. The number of benzene rings is 1. The van der Waals surface area contributed by atoms with Crippen molar-refractivity contribution in [2.24, 2.45) is 0 Å². The molecule has 0 saturated carbocycles. The van der Waals surface area contributed by atoms with Crippen molar-refractivity contribution in [3.63, 3.8) is 0 Å². The fraction of sp³-hybridized carbons (Fsp3) is 0.600. The third-order valence-electron chi connectivity index (χ3n) is 4.13. The van der Waals surface area contributed by atoms with Crippen LogP contribution < -0.4 is 10.2 Å². The van der Waals surface area contributed by atoms with E-state index >= 15 is 0 Å². The molecular formula is C15H21FN2O. The topological polar surface area (TPSA) is 24.5 Å². The smallest absolute Gasteiger partial charge is 0.125 e. The predicted molar refractivity (Wildman–Crippen MR) is 74.1 cm³/mol. The van der Waals surface area contributed by atoms with Gasteiger partial charge >= 0.3 is 0 Å². The van der Waals surface area contributed by atoms with Crippen molar-refractivity contribution >= 4 is 5.69 Å². The normalized spacial score (nSPS) is 24.3. The number of halogens is 1. The SMILES string of the molecule is CC(CC1COCCN1)N1CCc2ccc(F)cc21. The first-order valence-electron chi connectivity index (χ1n) is 7.10. The zero-order valence-electron chi connectivity index (χ0n) is 11.4. The Balaban J connectivity index is 1.68. The molecule has 3 nitrogen and oxygen atoms in total. The minimum Gasteiger partial charge on any atom is -0.379 e. The fourth-order valence-electron chi connectivity index (χ4n) is 3.15. The fourth-order valence-corrected chi connectivity index (χ4v) is 3.15. The zero-order valence-corrected chi connectivity index (χ0v) is 11.4. The van der Waals surface area contributed by atoms with Crippen LogP contribution in [0.2, 0.25) is 0 Å². The molecule has 104 valence electrons. The van der Waals surface area contributed by atoms with E-state index in [-0.39, 0.29) is 5.82 Å². The van der Waals surface area contributed by atoms with Crippen LogP contribution in [-0.4, -0.2) is 38.4 Å². The number of hydrogen-bond acceptors (Lipinski definition) is 3. The lowest BCUT2D eigenvalue weighted by atomic mass is 10.1. The van der Waals surface area contributed by atoms with Gasteiger partial charge in [-0.25, -0.2) is 4.39 Å². The molecule has 1 N–H and O–H groups in total. The van der Waals surface area contributed by atoms with Gasteiger partial charge in [-0.3, -0.25) is 0 Å². The number of nitrogens with one attached hydrogen (secondary N) is 1. The molecule has 0 bridgehead atoms. The first-order chi connectivity index (χ1) is 9.24. The minimum absolute atomic E-state index is 0.142. The van der Waals surface area contributed by atoms with Crippen LogP contribution >= 0.6 is 0 Å². The van der Waals surface area contributed by atoms with Crippen LogP contribution in [0, 0.1) is 5.82 Å². The molecule has 0 aromatic heterocycles. The van der Waals surface area contributed by atoms with Gasteiger partial charge in [-0.2, -0.15) is 0 Å². The average molecular weight is 264 g/mol. The summed E-state index contributed by atoms with van der Waals surface area (Å²) in [5.41, 5.74) is 2.34. The molecule has 0 amide bonds. The molecule has 1 fully saturated rings. The van der Waals surface area contributed by atoms with Crippen LogP contribution in [0.4, 0.5) is 10.1 Å². The van der Waals surface area contributed by atoms with E-state index in [1.54, 1.807) is 12.1 Å². The van der Waals surface area contributed by atoms with Gasteiger partial charge in [0.25, 0.3) is 0 Å². The van der Waals surface area contributed by atoms with E-state index in [1.165, 1.54) is 5.56 Å². The Morgan fingerprint density at radius 3 is 3.21 bits per heavy atom. The molecule has 1 aromatic carbocycles. The van der Waals surface area contributed by atoms with E-state index in [0.29, 0.717) is 12.1 Å². The van der Waals surface area contributed by atoms with Crippen LogP contribution in [0.1, 0.15) is 18.9 Å². The predicted octanol–water partition coefficient (Wildman–Crippen LogP) is 1.96. The van der Waals surface area contributed by atoms with Gasteiger partial charge in [0, 0.05) is 30.9 Å². The third-order valence-corrected chi connectivity index (χ3v) is 4.13. The molecule has 2 aliphatic heterocycles. The highest BCUT2D eigenvalue weighted by Gasteiger charge is 2.26. The maximum absolute atomic E-state index is 13.4. The van der Waals surface area contributed by atoms with Gasteiger partial charge in [0.1, 0.15) is 5.82 Å². The first kappa shape index (κ1) is 12.9. The lowest BCUT2D eigenvalue weighted by molar-refractivity contribution is 0.0723. The Bertz CT molecular complexity index is 446. The molecular weight excluding hydrogens is 243 g/mol. The van der Waals surface area contributed by atoms with Gasteiger partial charge in [0.05, 0.1) is 13.2 Å². The number of rotatable bonds is 3. The van der Waals surface area contributed by atoms with Gasteiger partial charge in [-0.1, -0.05) is 6.07 Å². The van der Waals surface area contributed by atoms with Crippen molar-refractivity contribution in [1.29, 1.82) is 0 Å². The van der Waals surface area contributed by atoms with Crippen molar-refractivity contribution in [2.75, 3.05) is 31.2 Å². The number of morpholine rings is 1. The lowest BCUT2D eigenvalue weighted by Gasteiger charge is -2.32. The van der Waals surface area contributed by atoms with Crippen LogP contribution in [0.3, 0.4) is 0 Å². The second-order valence-corrected chi connectivity index (χ2v) is 5.53. The monoisotopic (exact) mass is 264 g/mol. The Kier molecular flexibility index (Phi) is 3.71. The molecule has 1 aromatic rings. The molecule has 19 heavy (non-hydrogen) atoms.